The summed E-state index contributed by atoms with van der Waals surface area (Å²) in [5, 5.41) is 9.45. The quantitative estimate of drug-likeness (QED) is 0.204. The number of pyridine rings is 1. The zero-order valence-corrected chi connectivity index (χ0v) is 22.7. The zero-order valence-electron chi connectivity index (χ0n) is 21.0. The molecule has 8 nitrogen and oxygen atoms in total. The molecule has 0 aliphatic rings. The average molecular weight is 523 g/mol. The first kappa shape index (κ1) is 27.0. The lowest BCUT2D eigenvalue weighted by Crippen LogP contribution is -2.24. The van der Waals surface area contributed by atoms with Crippen molar-refractivity contribution in [2.75, 3.05) is 22.6 Å². The SMILES string of the molecule is CCCC#Cc1cc(Nc2ncc(Cl)c(Nc3ccccc3NC(=O)OCC[Si](C)(C)C)n2)ccn1. The topological polar surface area (TPSA) is 101 Å². The Labute approximate surface area is 218 Å². The van der Waals surface area contributed by atoms with Crippen molar-refractivity contribution in [1.29, 1.82) is 0 Å². The van der Waals surface area contributed by atoms with Crippen molar-refractivity contribution < 1.29 is 9.53 Å². The Balaban J connectivity index is 1.71. The van der Waals surface area contributed by atoms with Crippen LogP contribution in [-0.4, -0.2) is 35.7 Å². The molecule has 3 aromatic rings. The summed E-state index contributed by atoms with van der Waals surface area (Å²) in [4.78, 5) is 25.4. The second-order valence-corrected chi connectivity index (χ2v) is 15.3. The lowest BCUT2D eigenvalue weighted by Gasteiger charge is -2.16. The molecule has 0 aliphatic heterocycles. The summed E-state index contributed by atoms with van der Waals surface area (Å²) in [6.07, 6.45) is 4.49. The minimum atomic E-state index is -1.29. The molecule has 0 unspecified atom stereocenters. The maximum absolute atomic E-state index is 12.3. The van der Waals surface area contributed by atoms with Crippen molar-refractivity contribution in [3.8, 4) is 11.8 Å². The first-order valence-corrected chi connectivity index (χ1v) is 15.9. The fourth-order valence-electron chi connectivity index (χ4n) is 2.92. The molecule has 3 N–H and O–H groups in total. The molecule has 2 heterocycles. The van der Waals surface area contributed by atoms with Gasteiger partial charge in [-0.1, -0.05) is 56.2 Å². The Bertz CT molecular complexity index is 1250. The van der Waals surface area contributed by atoms with Gasteiger partial charge < -0.3 is 15.4 Å². The number of amides is 1. The van der Waals surface area contributed by atoms with E-state index in [0.717, 1.165) is 24.6 Å². The van der Waals surface area contributed by atoms with Crippen LogP contribution in [0, 0.1) is 11.8 Å². The Hall–Kier alpha value is -3.61. The molecule has 0 spiro atoms. The molecule has 10 heteroatoms. The number of benzene rings is 1. The fourth-order valence-corrected chi connectivity index (χ4v) is 3.78. The van der Waals surface area contributed by atoms with Crippen molar-refractivity contribution >= 4 is 54.6 Å². The fraction of sp³-hybridized carbons (Fsp3) is 0.308. The molecule has 2 aromatic heterocycles. The summed E-state index contributed by atoms with van der Waals surface area (Å²) < 4.78 is 5.36. The minimum absolute atomic E-state index is 0.328. The summed E-state index contributed by atoms with van der Waals surface area (Å²) >= 11 is 6.36. The van der Waals surface area contributed by atoms with Gasteiger partial charge in [-0.2, -0.15) is 4.98 Å². The van der Waals surface area contributed by atoms with Crippen LogP contribution in [0.15, 0.2) is 48.8 Å². The van der Waals surface area contributed by atoms with E-state index in [2.05, 4.69) is 69.3 Å². The van der Waals surface area contributed by atoms with Crippen molar-refractivity contribution in [3.63, 3.8) is 0 Å². The number of hydrogen-bond donors (Lipinski definition) is 3. The Kier molecular flexibility index (Phi) is 9.67. The molecule has 36 heavy (non-hydrogen) atoms. The maximum Gasteiger partial charge on any atom is 0.411 e. The molecule has 1 aromatic carbocycles. The molecule has 0 fully saturated rings. The second kappa shape index (κ2) is 12.9. The summed E-state index contributed by atoms with van der Waals surface area (Å²) in [6.45, 7) is 9.18. The molecular formula is C26H31ClN6O2Si. The van der Waals surface area contributed by atoms with E-state index >= 15 is 0 Å². The van der Waals surface area contributed by atoms with Crippen LogP contribution in [0.3, 0.4) is 0 Å². The van der Waals surface area contributed by atoms with Crippen LogP contribution in [0.4, 0.5) is 33.6 Å². The predicted octanol–water partition coefficient (Wildman–Crippen LogP) is 7.05. The highest BCUT2D eigenvalue weighted by molar-refractivity contribution is 6.76. The van der Waals surface area contributed by atoms with Gasteiger partial charge in [-0.25, -0.2) is 14.8 Å². The van der Waals surface area contributed by atoms with Crippen LogP contribution in [0.25, 0.3) is 0 Å². The van der Waals surface area contributed by atoms with Gasteiger partial charge in [-0.05, 0) is 42.7 Å². The summed E-state index contributed by atoms with van der Waals surface area (Å²) in [5.74, 6) is 6.86. The molecular weight excluding hydrogens is 492 g/mol. The number of rotatable bonds is 9. The first-order chi connectivity index (χ1) is 17.2. The predicted molar refractivity (Wildman–Crippen MR) is 149 cm³/mol. The van der Waals surface area contributed by atoms with Gasteiger partial charge >= 0.3 is 6.09 Å². The van der Waals surface area contributed by atoms with E-state index in [-0.39, 0.29) is 0 Å². The number of nitrogens with zero attached hydrogens (tertiary/aromatic N) is 3. The number of carbonyl (C=O) groups is 1. The number of halogens is 1. The van der Waals surface area contributed by atoms with Crippen LogP contribution in [0.5, 0.6) is 0 Å². The average Bonchev–Trinajstić information content (AvgIpc) is 2.82. The van der Waals surface area contributed by atoms with E-state index < -0.39 is 14.2 Å². The van der Waals surface area contributed by atoms with Crippen molar-refractivity contribution in [2.45, 2.75) is 45.5 Å². The van der Waals surface area contributed by atoms with Crippen molar-refractivity contribution in [1.82, 2.24) is 15.0 Å². The number of nitrogens with one attached hydrogen (secondary N) is 3. The summed E-state index contributed by atoms with van der Waals surface area (Å²) in [6, 6.07) is 11.8. The van der Waals surface area contributed by atoms with Gasteiger partial charge in [0.25, 0.3) is 0 Å². The highest BCUT2D eigenvalue weighted by Crippen LogP contribution is 2.29. The van der Waals surface area contributed by atoms with Gasteiger partial charge in [-0.15, -0.1) is 0 Å². The minimum Gasteiger partial charge on any atom is -0.450 e. The van der Waals surface area contributed by atoms with E-state index in [9.17, 15) is 4.79 Å². The van der Waals surface area contributed by atoms with Gasteiger partial charge in [-0.3, -0.25) is 5.32 Å². The monoisotopic (exact) mass is 522 g/mol. The van der Waals surface area contributed by atoms with Gasteiger partial charge in [0.15, 0.2) is 5.82 Å². The largest absolute Gasteiger partial charge is 0.450 e. The van der Waals surface area contributed by atoms with Crippen LogP contribution in [0.1, 0.15) is 25.5 Å². The number of unbranched alkanes of at least 4 members (excludes halogenated alkanes) is 1. The summed E-state index contributed by atoms with van der Waals surface area (Å²) in [7, 11) is -1.29. The van der Waals surface area contributed by atoms with Gasteiger partial charge in [0, 0.05) is 26.4 Å². The number of hydrogen-bond acceptors (Lipinski definition) is 7. The molecule has 3 rings (SSSR count). The zero-order chi connectivity index (χ0) is 26.0. The number of carbonyl (C=O) groups excluding carboxylic acids is 1. The van der Waals surface area contributed by atoms with Crippen LogP contribution >= 0.6 is 11.6 Å². The Morgan fingerprint density at radius 1 is 1.11 bits per heavy atom. The second-order valence-electron chi connectivity index (χ2n) is 9.24. The smallest absolute Gasteiger partial charge is 0.411 e. The standard InChI is InChI=1S/C26H31ClN6O2Si/c1-5-6-7-10-19-17-20(13-14-28-19)30-25-29-18-21(27)24(33-25)31-22-11-8-9-12-23(22)32-26(34)35-15-16-36(2,3)4/h8-9,11-14,17-18H,5-6,15-16H2,1-4H3,(H,32,34)(H2,28,29,30,31,33). The Morgan fingerprint density at radius 2 is 1.89 bits per heavy atom. The molecule has 0 radical (unpaired) electrons. The van der Waals surface area contributed by atoms with Crippen LogP contribution in [0.2, 0.25) is 30.7 Å². The molecule has 0 aliphatic carbocycles. The number of ether oxygens (including phenoxy) is 1. The Morgan fingerprint density at radius 3 is 2.64 bits per heavy atom. The van der Waals surface area contributed by atoms with Gasteiger partial charge in [0.2, 0.25) is 5.95 Å². The van der Waals surface area contributed by atoms with E-state index in [1.54, 1.807) is 12.3 Å². The van der Waals surface area contributed by atoms with Crippen LogP contribution in [-0.2, 0) is 4.74 Å². The first-order valence-electron chi connectivity index (χ1n) is 11.8. The lowest BCUT2D eigenvalue weighted by atomic mass is 10.2. The molecule has 0 saturated heterocycles. The third kappa shape index (κ3) is 8.87. The van der Waals surface area contributed by atoms with Crippen molar-refractivity contribution in [2.24, 2.45) is 0 Å². The molecule has 188 valence electrons. The van der Waals surface area contributed by atoms with E-state index in [1.807, 2.05) is 30.3 Å². The van der Waals surface area contributed by atoms with Crippen LogP contribution < -0.4 is 16.0 Å². The van der Waals surface area contributed by atoms with E-state index in [0.29, 0.717) is 40.5 Å². The normalized spacial score (nSPS) is 10.7. The maximum atomic E-state index is 12.3. The number of aromatic nitrogens is 3. The molecule has 0 atom stereocenters. The number of anilines is 5. The highest BCUT2D eigenvalue weighted by Gasteiger charge is 2.15. The highest BCUT2D eigenvalue weighted by atomic mass is 35.5. The third-order valence-electron chi connectivity index (χ3n) is 4.85. The summed E-state index contributed by atoms with van der Waals surface area (Å²) in [5.41, 5.74) is 2.58. The van der Waals surface area contributed by atoms with Crippen molar-refractivity contribution in [3.05, 3.63) is 59.5 Å². The molecule has 0 saturated carbocycles. The third-order valence-corrected chi connectivity index (χ3v) is 6.83. The van der Waals surface area contributed by atoms with Gasteiger partial charge in [0.1, 0.15) is 10.7 Å². The van der Waals surface area contributed by atoms with E-state index in [1.165, 1.54) is 6.20 Å². The number of para-hydroxylation sites is 2. The lowest BCUT2D eigenvalue weighted by molar-refractivity contribution is 0.167. The molecule has 1 amide bonds. The van der Waals surface area contributed by atoms with E-state index in [4.69, 9.17) is 16.3 Å². The molecule has 0 bridgehead atoms. The van der Waals surface area contributed by atoms with Gasteiger partial charge in [0.05, 0.1) is 24.2 Å².